The summed E-state index contributed by atoms with van der Waals surface area (Å²) >= 11 is 0. The molecule has 2 atom stereocenters. The molecule has 0 radical (unpaired) electrons. The highest BCUT2D eigenvalue weighted by molar-refractivity contribution is 5.97. The first-order chi connectivity index (χ1) is 9.09. The largest absolute Gasteiger partial charge is 0.349 e. The molecule has 1 heterocycles. The lowest BCUT2D eigenvalue weighted by atomic mass is 9.92. The van der Waals surface area contributed by atoms with E-state index in [1.54, 1.807) is 0 Å². The molecule has 1 aromatic carbocycles. The van der Waals surface area contributed by atoms with Gasteiger partial charge in [0.1, 0.15) is 0 Å². The van der Waals surface area contributed by atoms with Crippen molar-refractivity contribution < 1.29 is 4.79 Å². The van der Waals surface area contributed by atoms with Gasteiger partial charge in [0.15, 0.2) is 0 Å². The highest BCUT2D eigenvalue weighted by Gasteiger charge is 2.22. The lowest BCUT2D eigenvalue weighted by molar-refractivity contribution is 0.0920. The van der Waals surface area contributed by atoms with Crippen LogP contribution >= 0.6 is 0 Å². The van der Waals surface area contributed by atoms with Gasteiger partial charge in [0.2, 0.25) is 0 Å². The van der Waals surface area contributed by atoms with Gasteiger partial charge in [0, 0.05) is 11.6 Å². The summed E-state index contributed by atoms with van der Waals surface area (Å²) in [5, 5.41) is 6.57. The van der Waals surface area contributed by atoms with Gasteiger partial charge in [-0.1, -0.05) is 18.2 Å². The first kappa shape index (κ1) is 14.1. The van der Waals surface area contributed by atoms with E-state index in [1.165, 1.54) is 12.8 Å². The SMILES string of the molecule is Cc1cccc(C)c1C(=O)NC(C)C1CCCNC1. The smallest absolute Gasteiger partial charge is 0.252 e. The minimum atomic E-state index is 0.0636. The first-order valence-electron chi connectivity index (χ1n) is 7.17. The van der Waals surface area contributed by atoms with E-state index >= 15 is 0 Å². The summed E-state index contributed by atoms with van der Waals surface area (Å²) < 4.78 is 0. The molecule has 19 heavy (non-hydrogen) atoms. The van der Waals surface area contributed by atoms with Gasteiger partial charge in [0.25, 0.3) is 5.91 Å². The van der Waals surface area contributed by atoms with Gasteiger partial charge in [-0.3, -0.25) is 4.79 Å². The molecule has 3 heteroatoms. The van der Waals surface area contributed by atoms with Crippen molar-refractivity contribution in [3.8, 4) is 0 Å². The summed E-state index contributed by atoms with van der Waals surface area (Å²) in [6.45, 7) is 8.22. The maximum Gasteiger partial charge on any atom is 0.252 e. The van der Waals surface area contributed by atoms with Crippen molar-refractivity contribution in [1.29, 1.82) is 0 Å². The fraction of sp³-hybridized carbons (Fsp3) is 0.562. The standard InChI is InChI=1S/C16H24N2O/c1-11-6-4-7-12(2)15(11)16(19)18-13(3)14-8-5-9-17-10-14/h4,6-7,13-14,17H,5,8-10H2,1-3H3,(H,18,19). The van der Waals surface area contributed by atoms with Gasteiger partial charge in [0.05, 0.1) is 0 Å². The van der Waals surface area contributed by atoms with Crippen LogP contribution in [0.3, 0.4) is 0 Å². The zero-order valence-corrected chi connectivity index (χ0v) is 12.1. The third kappa shape index (κ3) is 3.35. The first-order valence-corrected chi connectivity index (χ1v) is 7.17. The lowest BCUT2D eigenvalue weighted by Gasteiger charge is -2.29. The van der Waals surface area contributed by atoms with Crippen LogP contribution in [0.15, 0.2) is 18.2 Å². The van der Waals surface area contributed by atoms with E-state index < -0.39 is 0 Å². The van der Waals surface area contributed by atoms with Crippen molar-refractivity contribution in [2.75, 3.05) is 13.1 Å². The maximum atomic E-state index is 12.4. The number of amides is 1. The molecule has 0 aliphatic carbocycles. The molecule has 2 rings (SSSR count). The Morgan fingerprint density at radius 1 is 1.37 bits per heavy atom. The van der Waals surface area contributed by atoms with E-state index in [2.05, 4.69) is 17.6 Å². The van der Waals surface area contributed by atoms with Gasteiger partial charge in [-0.15, -0.1) is 0 Å². The van der Waals surface area contributed by atoms with Crippen LogP contribution in [0.1, 0.15) is 41.3 Å². The van der Waals surface area contributed by atoms with E-state index in [9.17, 15) is 4.79 Å². The molecule has 2 N–H and O–H groups in total. The van der Waals surface area contributed by atoms with Crippen LogP contribution in [0.25, 0.3) is 0 Å². The second kappa shape index (κ2) is 6.20. The van der Waals surface area contributed by atoms with Crippen molar-refractivity contribution in [2.24, 2.45) is 5.92 Å². The molecule has 1 saturated heterocycles. The Morgan fingerprint density at radius 2 is 2.05 bits per heavy atom. The molecule has 1 aromatic rings. The van der Waals surface area contributed by atoms with Crippen molar-refractivity contribution in [3.63, 3.8) is 0 Å². The molecule has 104 valence electrons. The third-order valence-electron chi connectivity index (χ3n) is 4.11. The normalized spacial score (nSPS) is 20.9. The summed E-state index contributed by atoms with van der Waals surface area (Å²) in [6.07, 6.45) is 2.40. The number of benzene rings is 1. The van der Waals surface area contributed by atoms with Crippen molar-refractivity contribution in [2.45, 2.75) is 39.7 Å². The molecule has 1 aliphatic rings. The predicted octanol–water partition coefficient (Wildman–Crippen LogP) is 2.42. The Hall–Kier alpha value is -1.35. The zero-order valence-electron chi connectivity index (χ0n) is 12.1. The van der Waals surface area contributed by atoms with E-state index in [0.717, 1.165) is 29.8 Å². The summed E-state index contributed by atoms with van der Waals surface area (Å²) in [5.74, 6) is 0.607. The Labute approximate surface area is 115 Å². The molecule has 1 amide bonds. The van der Waals surface area contributed by atoms with Gasteiger partial charge < -0.3 is 10.6 Å². The summed E-state index contributed by atoms with van der Waals surface area (Å²) in [4.78, 5) is 12.4. The zero-order chi connectivity index (χ0) is 13.8. The van der Waals surface area contributed by atoms with Crippen LogP contribution in [0.5, 0.6) is 0 Å². The monoisotopic (exact) mass is 260 g/mol. The molecule has 0 aromatic heterocycles. The number of piperidine rings is 1. The van der Waals surface area contributed by atoms with Crippen LogP contribution in [0, 0.1) is 19.8 Å². The number of carbonyl (C=O) groups is 1. The number of aryl methyl sites for hydroxylation is 2. The number of hydrogen-bond donors (Lipinski definition) is 2. The molecule has 2 unspecified atom stereocenters. The van der Waals surface area contributed by atoms with Crippen molar-refractivity contribution in [3.05, 3.63) is 34.9 Å². The summed E-state index contributed by atoms with van der Waals surface area (Å²) in [7, 11) is 0. The summed E-state index contributed by atoms with van der Waals surface area (Å²) in [5.41, 5.74) is 2.93. The summed E-state index contributed by atoms with van der Waals surface area (Å²) in [6, 6.07) is 6.21. The fourth-order valence-corrected chi connectivity index (χ4v) is 2.87. The molecule has 0 bridgehead atoms. The van der Waals surface area contributed by atoms with Crippen LogP contribution in [-0.2, 0) is 0 Å². The number of hydrogen-bond acceptors (Lipinski definition) is 2. The number of carbonyl (C=O) groups excluding carboxylic acids is 1. The van der Waals surface area contributed by atoms with E-state index in [0.29, 0.717) is 5.92 Å². The molecular weight excluding hydrogens is 236 g/mol. The quantitative estimate of drug-likeness (QED) is 0.876. The molecular formula is C16H24N2O. The minimum absolute atomic E-state index is 0.0636. The Kier molecular flexibility index (Phi) is 4.59. The Morgan fingerprint density at radius 3 is 2.63 bits per heavy atom. The van der Waals surface area contributed by atoms with Crippen LogP contribution in [-0.4, -0.2) is 25.0 Å². The van der Waals surface area contributed by atoms with Gasteiger partial charge in [-0.2, -0.15) is 0 Å². The fourth-order valence-electron chi connectivity index (χ4n) is 2.87. The minimum Gasteiger partial charge on any atom is -0.349 e. The highest BCUT2D eigenvalue weighted by Crippen LogP contribution is 2.17. The van der Waals surface area contributed by atoms with E-state index in [-0.39, 0.29) is 11.9 Å². The van der Waals surface area contributed by atoms with Gasteiger partial charge in [-0.25, -0.2) is 0 Å². The molecule has 1 aliphatic heterocycles. The molecule has 0 saturated carbocycles. The molecule has 3 nitrogen and oxygen atoms in total. The van der Waals surface area contributed by atoms with E-state index in [1.807, 2.05) is 32.0 Å². The van der Waals surface area contributed by atoms with Crippen molar-refractivity contribution in [1.82, 2.24) is 10.6 Å². The highest BCUT2D eigenvalue weighted by atomic mass is 16.1. The average molecular weight is 260 g/mol. The van der Waals surface area contributed by atoms with Gasteiger partial charge >= 0.3 is 0 Å². The Bertz CT molecular complexity index is 430. The van der Waals surface area contributed by atoms with Crippen LogP contribution < -0.4 is 10.6 Å². The second-order valence-corrected chi connectivity index (χ2v) is 5.64. The topological polar surface area (TPSA) is 41.1 Å². The van der Waals surface area contributed by atoms with Crippen molar-refractivity contribution >= 4 is 5.91 Å². The van der Waals surface area contributed by atoms with E-state index in [4.69, 9.17) is 0 Å². The average Bonchev–Trinajstić information content (AvgIpc) is 2.39. The second-order valence-electron chi connectivity index (χ2n) is 5.64. The van der Waals surface area contributed by atoms with Crippen LogP contribution in [0.2, 0.25) is 0 Å². The van der Waals surface area contributed by atoms with Gasteiger partial charge in [-0.05, 0) is 63.7 Å². The van der Waals surface area contributed by atoms with Crippen LogP contribution in [0.4, 0.5) is 0 Å². The Balaban J connectivity index is 2.04. The number of nitrogens with one attached hydrogen (secondary N) is 2. The maximum absolute atomic E-state index is 12.4. The predicted molar refractivity (Wildman–Crippen MR) is 78.4 cm³/mol. The molecule has 1 fully saturated rings. The number of rotatable bonds is 3. The molecule has 0 spiro atoms. The lowest BCUT2D eigenvalue weighted by Crippen LogP contribution is -2.44. The third-order valence-corrected chi connectivity index (χ3v) is 4.11.